The molecular weight excluding hydrogens is 366 g/mol. The van der Waals surface area contributed by atoms with Crippen molar-refractivity contribution in [2.24, 2.45) is 0 Å². The third-order valence-corrected chi connectivity index (χ3v) is 7.63. The number of hydrogen-bond acceptors (Lipinski definition) is 4. The van der Waals surface area contributed by atoms with Crippen molar-refractivity contribution in [1.82, 2.24) is 14.8 Å². The highest BCUT2D eigenvalue weighted by Gasteiger charge is 2.52. The fourth-order valence-corrected chi connectivity index (χ4v) is 5.91. The number of carbonyl (C=O) groups is 2. The quantitative estimate of drug-likeness (QED) is 0.855. The van der Waals surface area contributed by atoms with Crippen LogP contribution in [0.3, 0.4) is 0 Å². The Bertz CT molecular complexity index is 901. The second-order valence-electron chi connectivity index (χ2n) is 7.01. The Morgan fingerprint density at radius 3 is 2.81 bits per heavy atom. The van der Waals surface area contributed by atoms with E-state index in [0.717, 1.165) is 10.9 Å². The molecule has 1 spiro atoms. The lowest BCUT2D eigenvalue weighted by atomic mass is 10.0. The van der Waals surface area contributed by atoms with Crippen LogP contribution in [0, 0.1) is 0 Å². The summed E-state index contributed by atoms with van der Waals surface area (Å²) in [6.07, 6.45) is 2.89. The van der Waals surface area contributed by atoms with Crippen LogP contribution in [0.25, 0.3) is 10.9 Å². The average Bonchev–Trinajstić information content (AvgIpc) is 3.24. The minimum atomic E-state index is -1.24. The van der Waals surface area contributed by atoms with E-state index in [1.165, 1.54) is 0 Å². The predicted octanol–water partition coefficient (Wildman–Crippen LogP) is 1.34. The molecule has 1 unspecified atom stereocenters. The number of amides is 2. The second-order valence-corrected chi connectivity index (χ2v) is 8.75. The first kappa shape index (κ1) is 18.2. The molecule has 0 bridgehead atoms. The first-order valence-corrected chi connectivity index (χ1v) is 10.4. The highest BCUT2D eigenvalue weighted by Crippen LogP contribution is 2.37. The smallest absolute Gasteiger partial charge is 0.254 e. The van der Waals surface area contributed by atoms with Gasteiger partial charge in [0.05, 0.1) is 17.4 Å². The third-order valence-electron chi connectivity index (χ3n) is 5.65. The van der Waals surface area contributed by atoms with Crippen molar-refractivity contribution in [1.29, 1.82) is 0 Å². The summed E-state index contributed by atoms with van der Waals surface area (Å²) >= 11 is 0. The lowest BCUT2D eigenvalue weighted by Gasteiger charge is -2.43. The summed E-state index contributed by atoms with van der Waals surface area (Å²) in [6.45, 7) is 1.84. The van der Waals surface area contributed by atoms with Gasteiger partial charge in [0.1, 0.15) is 10.6 Å². The number of aromatic nitrogens is 1. The Hall–Kier alpha value is -2.19. The molecule has 2 saturated heterocycles. The van der Waals surface area contributed by atoms with Crippen LogP contribution in [0.4, 0.5) is 0 Å². The molecule has 2 aromatic rings. The van der Waals surface area contributed by atoms with Crippen LogP contribution in [0.5, 0.6) is 0 Å². The maximum absolute atomic E-state index is 13.1. The number of H-pyrrole nitrogens is 1. The van der Waals surface area contributed by atoms with E-state index in [1.807, 2.05) is 35.4 Å². The van der Waals surface area contributed by atoms with Crippen LogP contribution in [0.2, 0.25) is 0 Å². The Labute approximate surface area is 160 Å². The van der Waals surface area contributed by atoms with Crippen LogP contribution in [-0.4, -0.2) is 74.8 Å². The number of nitrogens with zero attached hydrogens (tertiary/aromatic N) is 2. The Balaban J connectivity index is 1.53. The monoisotopic (exact) mass is 389 g/mol. The van der Waals surface area contributed by atoms with E-state index in [2.05, 4.69) is 4.98 Å². The summed E-state index contributed by atoms with van der Waals surface area (Å²) in [7, 11) is 0.348. The number of hydrogen-bond donors (Lipinski definition) is 1. The van der Waals surface area contributed by atoms with Gasteiger partial charge in [0, 0.05) is 62.2 Å². The van der Waals surface area contributed by atoms with Gasteiger partial charge in [-0.05, 0) is 18.2 Å². The summed E-state index contributed by atoms with van der Waals surface area (Å²) in [5.41, 5.74) is 1.60. The van der Waals surface area contributed by atoms with E-state index >= 15 is 0 Å². The van der Waals surface area contributed by atoms with Crippen molar-refractivity contribution >= 4 is 33.5 Å². The molecule has 2 amide bonds. The number of nitrogens with one attached hydrogen (secondary N) is 1. The van der Waals surface area contributed by atoms with Crippen molar-refractivity contribution in [2.75, 3.05) is 39.1 Å². The van der Waals surface area contributed by atoms with Crippen LogP contribution >= 0.6 is 0 Å². The number of ether oxygens (including phenoxy) is 1. The number of piperidine rings is 1. The molecule has 4 rings (SSSR count). The summed E-state index contributed by atoms with van der Waals surface area (Å²) in [5.74, 6) is -0.0313. The fourth-order valence-electron chi connectivity index (χ4n) is 4.18. The molecule has 27 heavy (non-hydrogen) atoms. The van der Waals surface area contributed by atoms with E-state index < -0.39 is 15.7 Å². The van der Waals surface area contributed by atoms with Gasteiger partial charge in [-0.3, -0.25) is 13.8 Å². The molecule has 1 aromatic heterocycles. The molecule has 144 valence electrons. The Morgan fingerprint density at radius 1 is 1.30 bits per heavy atom. The second kappa shape index (κ2) is 7.09. The summed E-state index contributed by atoms with van der Waals surface area (Å²) in [5, 5.41) is 0.907. The number of benzene rings is 1. The molecule has 3 heterocycles. The van der Waals surface area contributed by atoms with Crippen molar-refractivity contribution in [3.63, 3.8) is 0 Å². The van der Waals surface area contributed by atoms with Gasteiger partial charge in [-0.25, -0.2) is 0 Å². The van der Waals surface area contributed by atoms with Crippen LogP contribution in [0.15, 0.2) is 30.5 Å². The van der Waals surface area contributed by atoms with E-state index in [9.17, 15) is 13.8 Å². The maximum atomic E-state index is 13.1. The fraction of sp³-hybridized carbons (Fsp3) is 0.474. The zero-order valence-electron chi connectivity index (χ0n) is 15.3. The summed E-state index contributed by atoms with van der Waals surface area (Å²) in [4.78, 5) is 31.4. The topological polar surface area (TPSA) is 82.7 Å². The number of carbonyl (C=O) groups excluding carboxylic acids is 2. The number of fused-ring (bicyclic) bond motifs is 1. The Kier molecular flexibility index (Phi) is 4.77. The molecule has 0 saturated carbocycles. The van der Waals surface area contributed by atoms with Gasteiger partial charge < -0.3 is 19.5 Å². The SMILES string of the molecule is COCCN1C(=O)CS(=O)C12CCN(C(=O)c1cccc3[nH]ccc13)CC2. The number of likely N-dealkylation sites (tertiary alicyclic amines) is 1. The highest BCUT2D eigenvalue weighted by molar-refractivity contribution is 7.87. The van der Waals surface area contributed by atoms with Gasteiger partial charge in [0.15, 0.2) is 0 Å². The third kappa shape index (κ3) is 2.96. The molecule has 2 fully saturated rings. The minimum absolute atomic E-state index is 0.0198. The number of methoxy groups -OCH3 is 1. The molecule has 8 heteroatoms. The van der Waals surface area contributed by atoms with E-state index in [1.54, 1.807) is 12.0 Å². The van der Waals surface area contributed by atoms with E-state index in [-0.39, 0.29) is 17.6 Å². The molecular formula is C19H23N3O4S. The minimum Gasteiger partial charge on any atom is -0.383 e. The van der Waals surface area contributed by atoms with Crippen molar-refractivity contribution in [2.45, 2.75) is 17.7 Å². The van der Waals surface area contributed by atoms with E-state index in [0.29, 0.717) is 44.6 Å². The van der Waals surface area contributed by atoms with Gasteiger partial charge in [0.25, 0.3) is 5.91 Å². The lowest BCUT2D eigenvalue weighted by Crippen LogP contribution is -2.56. The normalized spacial score (nSPS) is 22.1. The molecule has 2 aliphatic heterocycles. The standard InChI is InChI=1S/C19H23N3O4S/c1-26-12-11-22-17(23)13-27(25)19(22)6-9-21(10-7-19)18(24)15-3-2-4-16-14(15)5-8-20-16/h2-5,8,20H,6-7,9-13H2,1H3. The molecule has 7 nitrogen and oxygen atoms in total. The molecule has 1 aromatic carbocycles. The first-order valence-electron chi connectivity index (χ1n) is 9.10. The van der Waals surface area contributed by atoms with Gasteiger partial charge >= 0.3 is 0 Å². The van der Waals surface area contributed by atoms with Crippen LogP contribution in [-0.2, 0) is 20.3 Å². The van der Waals surface area contributed by atoms with Gasteiger partial charge in [-0.15, -0.1) is 0 Å². The van der Waals surface area contributed by atoms with Crippen LogP contribution in [0.1, 0.15) is 23.2 Å². The highest BCUT2D eigenvalue weighted by atomic mass is 32.2. The zero-order chi connectivity index (χ0) is 19.0. The molecule has 1 N–H and O–H groups in total. The lowest BCUT2D eigenvalue weighted by molar-refractivity contribution is -0.131. The molecule has 2 aliphatic rings. The first-order chi connectivity index (χ1) is 13.1. The molecule has 1 atom stereocenters. The molecule has 0 aliphatic carbocycles. The predicted molar refractivity (Wildman–Crippen MR) is 103 cm³/mol. The summed E-state index contributed by atoms with van der Waals surface area (Å²) < 4.78 is 17.8. The van der Waals surface area contributed by atoms with Crippen molar-refractivity contribution in [3.05, 3.63) is 36.0 Å². The number of aromatic amines is 1. The van der Waals surface area contributed by atoms with Crippen LogP contribution < -0.4 is 0 Å². The van der Waals surface area contributed by atoms with Crippen molar-refractivity contribution in [3.8, 4) is 0 Å². The average molecular weight is 389 g/mol. The largest absolute Gasteiger partial charge is 0.383 e. The van der Waals surface area contributed by atoms with Crippen molar-refractivity contribution < 1.29 is 18.5 Å². The number of rotatable bonds is 4. The summed E-state index contributed by atoms with van der Waals surface area (Å²) in [6, 6.07) is 7.56. The maximum Gasteiger partial charge on any atom is 0.254 e. The van der Waals surface area contributed by atoms with Gasteiger partial charge in [-0.1, -0.05) is 6.07 Å². The van der Waals surface area contributed by atoms with Gasteiger partial charge in [0.2, 0.25) is 5.91 Å². The van der Waals surface area contributed by atoms with Gasteiger partial charge in [-0.2, -0.15) is 0 Å². The Morgan fingerprint density at radius 2 is 2.07 bits per heavy atom. The zero-order valence-corrected chi connectivity index (χ0v) is 16.1. The molecule has 0 radical (unpaired) electrons. The van der Waals surface area contributed by atoms with E-state index in [4.69, 9.17) is 4.74 Å².